The zero-order chi connectivity index (χ0) is 18.0. The first kappa shape index (κ1) is 16.9. The predicted octanol–water partition coefficient (Wildman–Crippen LogP) is 1.78. The highest BCUT2D eigenvalue weighted by molar-refractivity contribution is 5.78. The zero-order valence-corrected chi connectivity index (χ0v) is 14.5. The Labute approximate surface area is 145 Å². The highest BCUT2D eigenvalue weighted by Crippen LogP contribution is 2.16. The van der Waals surface area contributed by atoms with E-state index >= 15 is 0 Å². The zero-order valence-electron chi connectivity index (χ0n) is 14.5. The maximum absolute atomic E-state index is 12.2. The largest absolute Gasteiger partial charge is 0.349 e. The number of nitrogens with zero attached hydrogens (tertiary/aromatic N) is 3. The molecule has 0 saturated heterocycles. The number of aromatic nitrogens is 4. The second kappa shape index (κ2) is 6.88. The molecular formula is C18H21N5O2. The number of aromatic amines is 1. The summed E-state index contributed by atoms with van der Waals surface area (Å²) >= 11 is 0. The lowest BCUT2D eigenvalue weighted by atomic mass is 10.1. The fraction of sp³-hybridized carbons (Fsp3) is 0.333. The van der Waals surface area contributed by atoms with Crippen molar-refractivity contribution in [1.29, 1.82) is 0 Å². The minimum Gasteiger partial charge on any atom is -0.349 e. The van der Waals surface area contributed by atoms with E-state index in [1.54, 1.807) is 29.1 Å². The number of carbonyl (C=O) groups excluding carboxylic acids is 1. The van der Waals surface area contributed by atoms with Gasteiger partial charge in [-0.15, -0.1) is 0 Å². The number of carbonyl (C=O) groups is 1. The van der Waals surface area contributed by atoms with Gasteiger partial charge < -0.3 is 10.3 Å². The molecule has 0 spiro atoms. The molecule has 0 aliphatic rings. The molecule has 0 aliphatic carbocycles. The molecule has 0 fully saturated rings. The average molecular weight is 339 g/mol. The number of fused-ring (bicyclic) bond motifs is 1. The van der Waals surface area contributed by atoms with Crippen LogP contribution >= 0.6 is 0 Å². The van der Waals surface area contributed by atoms with Crippen molar-refractivity contribution in [1.82, 2.24) is 25.1 Å². The second-order valence-electron chi connectivity index (χ2n) is 6.13. The monoisotopic (exact) mass is 339 g/mol. The summed E-state index contributed by atoms with van der Waals surface area (Å²) in [7, 11) is 1.87. The maximum atomic E-state index is 12.2. The topological polar surface area (TPSA) is 92.7 Å². The van der Waals surface area contributed by atoms with Crippen LogP contribution in [0.1, 0.15) is 36.5 Å². The highest BCUT2D eigenvalue weighted by atomic mass is 16.1. The maximum Gasteiger partial charge on any atom is 0.258 e. The summed E-state index contributed by atoms with van der Waals surface area (Å²) in [5.74, 6) is 0.427. The summed E-state index contributed by atoms with van der Waals surface area (Å²) in [6.07, 6.45) is 2.40. The summed E-state index contributed by atoms with van der Waals surface area (Å²) in [5.41, 5.74) is 2.47. The minimum absolute atomic E-state index is 0.0911. The van der Waals surface area contributed by atoms with Gasteiger partial charge in [-0.05, 0) is 26.0 Å². The van der Waals surface area contributed by atoms with E-state index in [1.807, 2.05) is 27.0 Å². The van der Waals surface area contributed by atoms with Gasteiger partial charge >= 0.3 is 0 Å². The van der Waals surface area contributed by atoms with Crippen LogP contribution in [-0.4, -0.2) is 25.7 Å². The van der Waals surface area contributed by atoms with Gasteiger partial charge in [0.05, 0.1) is 23.1 Å². The van der Waals surface area contributed by atoms with E-state index in [1.165, 1.54) is 0 Å². The number of hydrogen-bond acceptors (Lipinski definition) is 4. The third-order valence-corrected chi connectivity index (χ3v) is 4.37. The number of nitrogens with one attached hydrogen (secondary N) is 2. The molecule has 25 heavy (non-hydrogen) atoms. The Hall–Kier alpha value is -2.96. The molecule has 130 valence electrons. The van der Waals surface area contributed by atoms with Gasteiger partial charge in [0.1, 0.15) is 5.82 Å². The smallest absolute Gasteiger partial charge is 0.258 e. The Morgan fingerprint density at radius 3 is 2.84 bits per heavy atom. The van der Waals surface area contributed by atoms with Gasteiger partial charge in [-0.2, -0.15) is 5.10 Å². The minimum atomic E-state index is -0.180. The van der Waals surface area contributed by atoms with E-state index in [9.17, 15) is 9.59 Å². The Morgan fingerprint density at radius 2 is 2.12 bits per heavy atom. The Morgan fingerprint density at radius 1 is 1.36 bits per heavy atom. The fourth-order valence-corrected chi connectivity index (χ4v) is 2.82. The Balaban J connectivity index is 1.64. The number of hydrogen-bond donors (Lipinski definition) is 2. The number of amides is 1. The van der Waals surface area contributed by atoms with Crippen molar-refractivity contribution in [3.63, 3.8) is 0 Å². The molecule has 0 bridgehead atoms. The molecular weight excluding hydrogens is 318 g/mol. The lowest BCUT2D eigenvalue weighted by Gasteiger charge is -2.13. The Bertz CT molecular complexity index is 973. The Kier molecular flexibility index (Phi) is 4.65. The van der Waals surface area contributed by atoms with E-state index in [0.29, 0.717) is 23.1 Å². The standard InChI is InChI=1S/C18H21N5O2/c1-11(14-10-19-23(3)12(14)2)20-17(24)9-8-16-21-15-7-5-4-6-13(15)18(25)22-16/h4-7,10-11H,8-9H2,1-3H3,(H,20,24)(H,21,22,25)/t11-/m1/s1. The molecule has 0 radical (unpaired) electrons. The van der Waals surface area contributed by atoms with Crippen LogP contribution in [-0.2, 0) is 18.3 Å². The summed E-state index contributed by atoms with van der Waals surface area (Å²) in [6, 6.07) is 7.04. The summed E-state index contributed by atoms with van der Waals surface area (Å²) in [4.78, 5) is 31.4. The van der Waals surface area contributed by atoms with Crippen LogP contribution < -0.4 is 10.9 Å². The first-order chi connectivity index (χ1) is 12.0. The molecule has 0 aliphatic heterocycles. The number of para-hydroxylation sites is 1. The van der Waals surface area contributed by atoms with E-state index in [0.717, 1.165) is 11.3 Å². The van der Waals surface area contributed by atoms with E-state index in [4.69, 9.17) is 0 Å². The third kappa shape index (κ3) is 3.60. The van der Waals surface area contributed by atoms with Crippen molar-refractivity contribution in [3.8, 4) is 0 Å². The molecule has 3 rings (SSSR count). The fourth-order valence-electron chi connectivity index (χ4n) is 2.82. The van der Waals surface area contributed by atoms with Crippen molar-refractivity contribution in [3.05, 3.63) is 57.9 Å². The molecule has 7 nitrogen and oxygen atoms in total. The molecule has 7 heteroatoms. The number of benzene rings is 1. The molecule has 2 heterocycles. The van der Waals surface area contributed by atoms with Crippen molar-refractivity contribution < 1.29 is 4.79 Å². The van der Waals surface area contributed by atoms with Gasteiger partial charge in [0.25, 0.3) is 5.56 Å². The van der Waals surface area contributed by atoms with E-state index in [2.05, 4.69) is 20.4 Å². The van der Waals surface area contributed by atoms with Gasteiger partial charge in [0.2, 0.25) is 5.91 Å². The predicted molar refractivity (Wildman–Crippen MR) is 95.2 cm³/mol. The molecule has 2 aromatic heterocycles. The van der Waals surface area contributed by atoms with Crippen LogP contribution in [0.5, 0.6) is 0 Å². The number of H-pyrrole nitrogens is 1. The van der Waals surface area contributed by atoms with Crippen LogP contribution in [0.25, 0.3) is 10.9 Å². The van der Waals surface area contributed by atoms with Crippen molar-refractivity contribution in [2.24, 2.45) is 7.05 Å². The van der Waals surface area contributed by atoms with E-state index in [-0.39, 0.29) is 23.9 Å². The lowest BCUT2D eigenvalue weighted by molar-refractivity contribution is -0.121. The normalized spacial score (nSPS) is 12.3. The lowest BCUT2D eigenvalue weighted by Crippen LogP contribution is -2.27. The summed E-state index contributed by atoms with van der Waals surface area (Å²) in [6.45, 7) is 3.90. The van der Waals surface area contributed by atoms with Crippen molar-refractivity contribution in [2.45, 2.75) is 32.7 Å². The van der Waals surface area contributed by atoms with Crippen LogP contribution in [0, 0.1) is 6.92 Å². The SMILES string of the molecule is Cc1c([C@@H](C)NC(=O)CCc2nc3ccccc3c(=O)[nH]2)cnn1C. The van der Waals surface area contributed by atoms with Gasteiger partial charge in [-0.3, -0.25) is 14.3 Å². The van der Waals surface area contributed by atoms with Gasteiger partial charge in [-0.1, -0.05) is 12.1 Å². The van der Waals surface area contributed by atoms with Crippen LogP contribution in [0.3, 0.4) is 0 Å². The van der Waals surface area contributed by atoms with E-state index < -0.39 is 0 Å². The molecule has 3 aromatic rings. The third-order valence-electron chi connectivity index (χ3n) is 4.37. The number of rotatable bonds is 5. The molecule has 2 N–H and O–H groups in total. The molecule has 1 amide bonds. The van der Waals surface area contributed by atoms with Crippen LogP contribution in [0.4, 0.5) is 0 Å². The summed E-state index contributed by atoms with van der Waals surface area (Å²) < 4.78 is 1.78. The first-order valence-electron chi connectivity index (χ1n) is 8.21. The summed E-state index contributed by atoms with van der Waals surface area (Å²) in [5, 5.41) is 7.70. The van der Waals surface area contributed by atoms with Crippen LogP contribution in [0.15, 0.2) is 35.3 Å². The van der Waals surface area contributed by atoms with Gasteiger partial charge in [0, 0.05) is 31.1 Å². The first-order valence-corrected chi connectivity index (χ1v) is 8.21. The van der Waals surface area contributed by atoms with Gasteiger partial charge in [0.15, 0.2) is 0 Å². The quantitative estimate of drug-likeness (QED) is 0.741. The number of aryl methyl sites for hydroxylation is 2. The molecule has 1 atom stereocenters. The van der Waals surface area contributed by atoms with Crippen LogP contribution in [0.2, 0.25) is 0 Å². The highest BCUT2D eigenvalue weighted by Gasteiger charge is 2.15. The van der Waals surface area contributed by atoms with Crippen molar-refractivity contribution in [2.75, 3.05) is 0 Å². The molecule has 0 unspecified atom stereocenters. The average Bonchev–Trinajstić information content (AvgIpc) is 2.92. The molecule has 1 aromatic carbocycles. The van der Waals surface area contributed by atoms with Crippen molar-refractivity contribution >= 4 is 16.8 Å². The second-order valence-corrected chi connectivity index (χ2v) is 6.13. The molecule has 0 saturated carbocycles. The van der Waals surface area contributed by atoms with Gasteiger partial charge in [-0.25, -0.2) is 4.98 Å².